The van der Waals surface area contributed by atoms with Crippen molar-refractivity contribution in [1.29, 1.82) is 0 Å². The van der Waals surface area contributed by atoms with Gasteiger partial charge in [0.25, 0.3) is 11.8 Å². The van der Waals surface area contributed by atoms with Crippen LogP contribution in [0.2, 0.25) is 0 Å². The summed E-state index contributed by atoms with van der Waals surface area (Å²) in [4.78, 5) is 61.3. The quantitative estimate of drug-likeness (QED) is 0.141. The molecule has 0 unspecified atom stereocenters. The molecule has 57 heavy (non-hydrogen) atoms. The molecule has 0 saturated carbocycles. The molecule has 4 aromatic rings. The van der Waals surface area contributed by atoms with E-state index in [9.17, 15) is 39.6 Å². The normalized spacial score (nSPS) is 16.4. The number of benzene rings is 2. The zero-order valence-corrected chi connectivity index (χ0v) is 32.6. The van der Waals surface area contributed by atoms with E-state index in [-0.39, 0.29) is 91.9 Å². The SMILES string of the molecule is C.CC(=O)c1c(O)cccc1OC[C@@H]1CSCCN1C(=O)c1cccnc1CO.CC(=O)c1c(O)cccc1OC[C@H]1CSCCN1C(=O)c1cccnc1CO. The highest BCUT2D eigenvalue weighted by Gasteiger charge is 2.32. The van der Waals surface area contributed by atoms with E-state index in [1.807, 2.05) is 0 Å². The van der Waals surface area contributed by atoms with Crippen LogP contribution in [-0.4, -0.2) is 125 Å². The maximum Gasteiger partial charge on any atom is 0.256 e. The Morgan fingerprint density at radius 1 is 0.667 bits per heavy atom. The van der Waals surface area contributed by atoms with E-state index in [4.69, 9.17) is 9.47 Å². The van der Waals surface area contributed by atoms with E-state index in [1.54, 1.807) is 94.2 Å². The third kappa shape index (κ3) is 11.0. The summed E-state index contributed by atoms with van der Waals surface area (Å²) in [7, 11) is 0. The second kappa shape index (κ2) is 21.4. The Kier molecular flexibility index (Phi) is 16.7. The smallest absolute Gasteiger partial charge is 0.256 e. The molecule has 2 saturated heterocycles. The third-order valence-corrected chi connectivity index (χ3v) is 11.3. The molecule has 2 amide bonds. The van der Waals surface area contributed by atoms with Crippen LogP contribution in [-0.2, 0) is 13.2 Å². The first-order valence-corrected chi connectivity index (χ1v) is 20.1. The number of carbonyl (C=O) groups is 4. The van der Waals surface area contributed by atoms with Gasteiger partial charge >= 0.3 is 0 Å². The number of hydrogen-bond acceptors (Lipinski definition) is 14. The predicted molar refractivity (Wildman–Crippen MR) is 219 cm³/mol. The van der Waals surface area contributed by atoms with Crippen LogP contribution in [0, 0.1) is 0 Å². The molecule has 0 spiro atoms. The fourth-order valence-corrected chi connectivity index (χ4v) is 8.39. The lowest BCUT2D eigenvalue weighted by Gasteiger charge is -2.35. The lowest BCUT2D eigenvalue weighted by atomic mass is 10.1. The number of rotatable bonds is 12. The third-order valence-electron chi connectivity index (χ3n) is 9.09. The van der Waals surface area contributed by atoms with Gasteiger partial charge in [-0.2, -0.15) is 23.5 Å². The Morgan fingerprint density at radius 3 is 1.44 bits per heavy atom. The van der Waals surface area contributed by atoms with Crippen LogP contribution >= 0.6 is 23.5 Å². The number of aliphatic hydroxyl groups excluding tert-OH is 2. The Balaban J connectivity index is 0.000000248. The number of amides is 2. The second-order valence-corrected chi connectivity index (χ2v) is 15.1. The van der Waals surface area contributed by atoms with E-state index in [0.29, 0.717) is 58.6 Å². The van der Waals surface area contributed by atoms with E-state index in [1.165, 1.54) is 26.0 Å². The van der Waals surface area contributed by atoms with Crippen molar-refractivity contribution in [1.82, 2.24) is 19.8 Å². The van der Waals surface area contributed by atoms with Crippen molar-refractivity contribution >= 4 is 46.9 Å². The summed E-state index contributed by atoms with van der Waals surface area (Å²) in [6.07, 6.45) is 3.08. The van der Waals surface area contributed by atoms with E-state index < -0.39 is 0 Å². The van der Waals surface area contributed by atoms with Crippen molar-refractivity contribution in [2.24, 2.45) is 0 Å². The minimum atomic E-state index is -0.309. The minimum absolute atomic E-state index is 0. The Hall–Kier alpha value is -5.16. The fraction of sp³-hybridized carbons (Fsp3) is 0.366. The maximum atomic E-state index is 13.0. The van der Waals surface area contributed by atoms with Crippen molar-refractivity contribution in [2.45, 2.75) is 46.6 Å². The number of carbonyl (C=O) groups excluding carboxylic acids is 4. The highest BCUT2D eigenvalue weighted by Crippen LogP contribution is 2.31. The molecular formula is C41H48N4O10S2. The molecule has 4 heterocycles. The van der Waals surface area contributed by atoms with Crippen molar-refractivity contribution in [3.63, 3.8) is 0 Å². The lowest BCUT2D eigenvalue weighted by Crippen LogP contribution is -2.49. The van der Waals surface area contributed by atoms with Gasteiger partial charge in [0.1, 0.15) is 47.3 Å². The monoisotopic (exact) mass is 820 g/mol. The van der Waals surface area contributed by atoms with Crippen molar-refractivity contribution in [3.8, 4) is 23.0 Å². The Bertz CT molecular complexity index is 1890. The van der Waals surface area contributed by atoms with Gasteiger partial charge < -0.3 is 39.7 Å². The van der Waals surface area contributed by atoms with Gasteiger partial charge in [-0.3, -0.25) is 29.1 Å². The summed E-state index contributed by atoms with van der Waals surface area (Å²) in [5, 5.41) is 38.8. The van der Waals surface area contributed by atoms with Crippen LogP contribution in [0.1, 0.15) is 74.1 Å². The zero-order valence-electron chi connectivity index (χ0n) is 31.0. The molecule has 16 heteroatoms. The van der Waals surface area contributed by atoms with Crippen molar-refractivity contribution in [2.75, 3.05) is 49.3 Å². The van der Waals surface area contributed by atoms with E-state index >= 15 is 0 Å². The van der Waals surface area contributed by atoms with Crippen LogP contribution in [0.15, 0.2) is 73.1 Å². The molecule has 2 fully saturated rings. The van der Waals surface area contributed by atoms with Crippen LogP contribution < -0.4 is 9.47 Å². The van der Waals surface area contributed by atoms with Crippen LogP contribution in [0.25, 0.3) is 0 Å². The first-order chi connectivity index (χ1) is 27.0. The number of phenols is 2. The first kappa shape index (κ1) is 44.6. The average molecular weight is 821 g/mol. The average Bonchev–Trinajstić information content (AvgIpc) is 3.21. The molecule has 2 aromatic heterocycles. The van der Waals surface area contributed by atoms with Crippen molar-refractivity contribution < 1.29 is 49.1 Å². The van der Waals surface area contributed by atoms with E-state index in [0.717, 1.165) is 11.5 Å². The number of ether oxygens (including phenoxy) is 2. The van der Waals surface area contributed by atoms with Gasteiger partial charge in [-0.15, -0.1) is 0 Å². The largest absolute Gasteiger partial charge is 0.507 e. The van der Waals surface area contributed by atoms with Gasteiger partial charge in [0, 0.05) is 48.5 Å². The molecular weight excluding hydrogens is 773 g/mol. The molecule has 2 aromatic carbocycles. The molecule has 4 N–H and O–H groups in total. The number of thioether (sulfide) groups is 2. The molecule has 2 aliphatic rings. The highest BCUT2D eigenvalue weighted by molar-refractivity contribution is 7.99. The molecule has 14 nitrogen and oxygen atoms in total. The predicted octanol–water partition coefficient (Wildman–Crippen LogP) is 4.87. The number of aliphatic hydroxyl groups is 2. The zero-order chi connectivity index (χ0) is 40.2. The number of nitrogens with zero attached hydrogens (tertiary/aromatic N) is 4. The standard InChI is InChI=1S/2C20H22N2O5S.CH4/c2*1-13(24)19-17(25)5-2-6-18(19)27-11-14-12-28-9-8-22(14)20(26)15-4-3-7-21-16(15)10-23;/h2*2-7,14,23,25H,8-12H2,1H3;1H4/t2*14-;/m10./s1. The van der Waals surface area contributed by atoms with Gasteiger partial charge in [0.2, 0.25) is 0 Å². The number of aromatic nitrogens is 2. The number of ketones is 2. The summed E-state index contributed by atoms with van der Waals surface area (Å²) in [6, 6.07) is 15.6. The molecule has 304 valence electrons. The summed E-state index contributed by atoms with van der Waals surface area (Å²) >= 11 is 3.45. The molecule has 0 radical (unpaired) electrons. The van der Waals surface area contributed by atoms with Gasteiger partial charge in [0.05, 0.1) is 47.8 Å². The molecule has 2 atom stereocenters. The topological polar surface area (TPSA) is 200 Å². The summed E-state index contributed by atoms with van der Waals surface area (Å²) in [5.74, 6) is 2.36. The maximum absolute atomic E-state index is 13.0. The van der Waals surface area contributed by atoms with Gasteiger partial charge in [-0.25, -0.2) is 0 Å². The van der Waals surface area contributed by atoms with Gasteiger partial charge in [0.15, 0.2) is 11.6 Å². The lowest BCUT2D eigenvalue weighted by molar-refractivity contribution is 0.0637. The summed E-state index contributed by atoms with van der Waals surface area (Å²) in [5.41, 5.74) is 1.72. The van der Waals surface area contributed by atoms with Gasteiger partial charge in [-0.1, -0.05) is 19.6 Å². The number of hydrogen-bond donors (Lipinski definition) is 4. The molecule has 0 aliphatic carbocycles. The van der Waals surface area contributed by atoms with Gasteiger partial charge in [-0.05, 0) is 62.4 Å². The Labute approximate surface area is 340 Å². The number of aromatic hydroxyl groups is 2. The molecule has 6 rings (SSSR count). The number of phenolic OH excluding ortho intramolecular Hbond substituents is 2. The summed E-state index contributed by atoms with van der Waals surface area (Å²) < 4.78 is 11.7. The van der Waals surface area contributed by atoms with Crippen LogP contribution in [0.3, 0.4) is 0 Å². The van der Waals surface area contributed by atoms with Crippen molar-refractivity contribution in [3.05, 3.63) is 107 Å². The molecule has 0 bridgehead atoms. The summed E-state index contributed by atoms with van der Waals surface area (Å²) in [6.45, 7) is 3.61. The second-order valence-electron chi connectivity index (χ2n) is 12.8. The number of Topliss-reactive ketones (excluding diaryl/α,β-unsaturated/α-hetero) is 2. The first-order valence-electron chi connectivity index (χ1n) is 17.8. The van der Waals surface area contributed by atoms with Crippen LogP contribution in [0.4, 0.5) is 0 Å². The van der Waals surface area contributed by atoms with E-state index in [2.05, 4.69) is 9.97 Å². The highest BCUT2D eigenvalue weighted by atomic mass is 32.2. The fourth-order valence-electron chi connectivity index (χ4n) is 6.31. The Morgan fingerprint density at radius 2 is 1.07 bits per heavy atom. The van der Waals surface area contributed by atoms with Crippen LogP contribution in [0.5, 0.6) is 23.0 Å². The minimum Gasteiger partial charge on any atom is -0.507 e. The number of pyridine rings is 2. The molecule has 2 aliphatic heterocycles.